The number of aromatic nitrogens is 2. The Labute approximate surface area is 222 Å². The van der Waals surface area contributed by atoms with Crippen LogP contribution in [0.3, 0.4) is 0 Å². The zero-order valence-corrected chi connectivity index (χ0v) is 21.5. The van der Waals surface area contributed by atoms with Crippen molar-refractivity contribution in [3.8, 4) is 16.9 Å². The molecule has 3 aromatic rings. The van der Waals surface area contributed by atoms with E-state index in [0.29, 0.717) is 18.7 Å². The van der Waals surface area contributed by atoms with E-state index in [4.69, 9.17) is 9.47 Å². The van der Waals surface area contributed by atoms with Gasteiger partial charge in [0.25, 0.3) is 0 Å². The molecule has 2 saturated heterocycles. The first-order valence-corrected chi connectivity index (χ1v) is 13.5. The molecule has 5 rings (SSSR count). The maximum atomic E-state index is 15.4. The molecule has 0 spiro atoms. The maximum absolute atomic E-state index is 15.4. The molecule has 0 radical (unpaired) electrons. The maximum Gasteiger partial charge on any atom is 0.416 e. The van der Waals surface area contributed by atoms with Crippen molar-refractivity contribution in [2.24, 2.45) is 0 Å². The molecule has 2 aromatic carbocycles. The molecule has 2 aliphatic rings. The van der Waals surface area contributed by atoms with Crippen LogP contribution in [0.25, 0.3) is 11.1 Å². The minimum Gasteiger partial charge on any atom is -0.495 e. The van der Waals surface area contributed by atoms with E-state index in [-0.39, 0.29) is 48.4 Å². The van der Waals surface area contributed by atoms with Gasteiger partial charge in [0.05, 0.1) is 37.1 Å². The topological polar surface area (TPSA) is 96.9 Å². The van der Waals surface area contributed by atoms with Gasteiger partial charge < -0.3 is 14.4 Å². The van der Waals surface area contributed by atoms with Gasteiger partial charge in [0, 0.05) is 37.5 Å². The summed E-state index contributed by atoms with van der Waals surface area (Å²) in [5.74, 6) is -0.286. The van der Waals surface area contributed by atoms with Crippen LogP contribution in [0.15, 0.2) is 55.0 Å². The Morgan fingerprint density at radius 2 is 1.97 bits per heavy atom. The summed E-state index contributed by atoms with van der Waals surface area (Å²) in [4.78, 5) is 9.57. The lowest BCUT2D eigenvalue weighted by Crippen LogP contribution is -2.60. The third-order valence-corrected chi connectivity index (χ3v) is 8.26. The van der Waals surface area contributed by atoms with Crippen molar-refractivity contribution in [2.45, 2.75) is 24.7 Å². The highest BCUT2D eigenvalue weighted by molar-refractivity contribution is 7.90. The molecule has 9 nitrogen and oxygen atoms in total. The number of fused-ring (bicyclic) bond motifs is 1. The number of hydrogen-bond donors (Lipinski definition) is 1. The van der Waals surface area contributed by atoms with Crippen molar-refractivity contribution >= 4 is 21.7 Å². The van der Waals surface area contributed by atoms with E-state index in [1.165, 1.54) is 54.3 Å². The predicted octanol–water partition coefficient (Wildman–Crippen LogP) is 3.95. The van der Waals surface area contributed by atoms with Gasteiger partial charge in [-0.05, 0) is 36.2 Å². The van der Waals surface area contributed by atoms with Gasteiger partial charge in [-0.1, -0.05) is 12.1 Å². The fraction of sp³-hybridized carbons (Fsp3) is 0.360. The highest BCUT2D eigenvalue weighted by Crippen LogP contribution is 2.40. The smallest absolute Gasteiger partial charge is 0.416 e. The third-order valence-electron chi connectivity index (χ3n) is 6.79. The fourth-order valence-electron chi connectivity index (χ4n) is 4.94. The van der Waals surface area contributed by atoms with E-state index in [9.17, 15) is 21.6 Å². The molecule has 0 unspecified atom stereocenters. The van der Waals surface area contributed by atoms with Crippen LogP contribution in [0, 0.1) is 5.82 Å². The quantitative estimate of drug-likeness (QED) is 0.451. The predicted molar refractivity (Wildman–Crippen MR) is 135 cm³/mol. The summed E-state index contributed by atoms with van der Waals surface area (Å²) >= 11 is 0. The van der Waals surface area contributed by atoms with Gasteiger partial charge in [-0.3, -0.25) is 4.72 Å². The van der Waals surface area contributed by atoms with Crippen LogP contribution in [0.4, 0.5) is 29.1 Å². The Hall–Kier alpha value is -3.49. The lowest BCUT2D eigenvalue weighted by atomic mass is 9.97. The van der Waals surface area contributed by atoms with E-state index in [2.05, 4.69) is 14.7 Å². The second-order valence-corrected chi connectivity index (χ2v) is 10.8. The number of rotatable bonds is 6. The lowest BCUT2D eigenvalue weighted by molar-refractivity contribution is -0.137. The monoisotopic (exact) mass is 567 g/mol. The fourth-order valence-corrected chi connectivity index (χ4v) is 6.15. The molecule has 39 heavy (non-hydrogen) atoms. The average molecular weight is 568 g/mol. The molecule has 14 heteroatoms. The molecule has 2 atom stereocenters. The average Bonchev–Trinajstić information content (AvgIpc) is 2.92. The number of alkyl halides is 3. The van der Waals surface area contributed by atoms with Crippen molar-refractivity contribution in [2.75, 3.05) is 43.0 Å². The van der Waals surface area contributed by atoms with Crippen molar-refractivity contribution < 1.29 is 35.5 Å². The van der Waals surface area contributed by atoms with Crippen LogP contribution in [-0.2, 0) is 21.1 Å². The van der Waals surface area contributed by atoms with Gasteiger partial charge in [-0.15, -0.1) is 0 Å². The van der Waals surface area contributed by atoms with Gasteiger partial charge in [0.1, 0.15) is 23.7 Å². The van der Waals surface area contributed by atoms with Crippen molar-refractivity contribution in [1.29, 1.82) is 0 Å². The van der Waals surface area contributed by atoms with Crippen LogP contribution in [-0.4, -0.2) is 68.2 Å². The third kappa shape index (κ3) is 5.63. The van der Waals surface area contributed by atoms with E-state index in [1.54, 1.807) is 0 Å². The Kier molecular flexibility index (Phi) is 7.35. The molecule has 2 fully saturated rings. The molecule has 1 N–H and O–H groups in total. The molecule has 0 saturated carbocycles. The molecule has 0 aliphatic carbocycles. The standard InChI is InChI=1S/C25H25F4N5O4S/c1-37-22-12-18(16-3-2-4-17(11-16)25(27,28)29)19(26)13-21(22)34-9-10-38-23-14-33(8-6-20(23)34)39(35,36)32-24-5-7-30-15-31-24/h2-5,7,11-13,15,20,23H,6,8-10,14H2,1H3,(H,30,31,32)/t20-,23-/m1/s1. The summed E-state index contributed by atoms with van der Waals surface area (Å²) in [5.41, 5.74) is -0.418. The first kappa shape index (κ1) is 27.1. The number of nitrogens with zero attached hydrogens (tertiary/aromatic N) is 4. The Bertz CT molecular complexity index is 1440. The van der Waals surface area contributed by atoms with Crippen LogP contribution >= 0.6 is 0 Å². The van der Waals surface area contributed by atoms with Gasteiger partial charge in [0.15, 0.2) is 0 Å². The highest BCUT2D eigenvalue weighted by atomic mass is 32.2. The molecular formula is C25H25F4N5O4S. The number of halogens is 4. The molecular weight excluding hydrogens is 542 g/mol. The summed E-state index contributed by atoms with van der Waals surface area (Å²) in [5, 5.41) is 0. The number of ether oxygens (including phenoxy) is 2. The molecule has 2 aliphatic heterocycles. The van der Waals surface area contributed by atoms with Gasteiger partial charge >= 0.3 is 16.4 Å². The normalized spacial score (nSPS) is 20.4. The number of benzene rings is 2. The number of morpholine rings is 1. The zero-order chi connectivity index (χ0) is 27.8. The Balaban J connectivity index is 1.39. The van der Waals surface area contributed by atoms with Gasteiger partial charge in [-0.25, -0.2) is 14.4 Å². The summed E-state index contributed by atoms with van der Waals surface area (Å²) in [6.45, 7) is 0.892. The minimum atomic E-state index is -4.56. The van der Waals surface area contributed by atoms with E-state index < -0.39 is 33.9 Å². The molecule has 3 heterocycles. The largest absolute Gasteiger partial charge is 0.495 e. The molecule has 208 valence electrons. The number of methoxy groups -OCH3 is 1. The first-order chi connectivity index (χ1) is 18.6. The Morgan fingerprint density at radius 1 is 1.15 bits per heavy atom. The summed E-state index contributed by atoms with van der Waals surface area (Å²) in [6, 6.07) is 8.25. The van der Waals surface area contributed by atoms with Crippen LogP contribution in [0.5, 0.6) is 5.75 Å². The first-order valence-electron chi connectivity index (χ1n) is 12.0. The van der Waals surface area contributed by atoms with E-state index in [1.807, 2.05) is 4.90 Å². The second-order valence-electron chi connectivity index (χ2n) is 9.10. The van der Waals surface area contributed by atoms with Gasteiger partial charge in [0.2, 0.25) is 0 Å². The molecule has 1 aromatic heterocycles. The van der Waals surface area contributed by atoms with Crippen molar-refractivity contribution in [3.63, 3.8) is 0 Å². The number of hydrogen-bond acceptors (Lipinski definition) is 7. The van der Waals surface area contributed by atoms with Crippen LogP contribution in [0.2, 0.25) is 0 Å². The SMILES string of the molecule is COc1cc(-c2cccc(C(F)(F)F)c2)c(F)cc1N1CCO[C@@H]2CN(S(=O)(=O)Nc3ccncn3)CC[C@H]21. The lowest BCUT2D eigenvalue weighted by Gasteiger charge is -2.47. The van der Waals surface area contributed by atoms with Crippen LogP contribution < -0.4 is 14.4 Å². The van der Waals surface area contributed by atoms with Gasteiger partial charge in [-0.2, -0.15) is 25.9 Å². The van der Waals surface area contributed by atoms with Crippen LogP contribution in [0.1, 0.15) is 12.0 Å². The number of piperidine rings is 1. The highest BCUT2D eigenvalue weighted by Gasteiger charge is 2.41. The summed E-state index contributed by atoms with van der Waals surface area (Å²) in [6.07, 6.45) is -2.03. The Morgan fingerprint density at radius 3 is 2.69 bits per heavy atom. The minimum absolute atomic E-state index is 0.0248. The second kappa shape index (κ2) is 10.6. The van der Waals surface area contributed by atoms with E-state index >= 15 is 4.39 Å². The number of nitrogens with one attached hydrogen (secondary N) is 1. The van der Waals surface area contributed by atoms with Crippen molar-refractivity contribution in [3.05, 3.63) is 66.4 Å². The van der Waals surface area contributed by atoms with Crippen molar-refractivity contribution in [1.82, 2.24) is 14.3 Å². The number of anilines is 2. The van der Waals surface area contributed by atoms with E-state index in [0.717, 1.165) is 12.1 Å². The molecule has 0 amide bonds. The molecule has 0 bridgehead atoms. The zero-order valence-electron chi connectivity index (χ0n) is 20.7. The summed E-state index contributed by atoms with van der Waals surface area (Å²) in [7, 11) is -2.51. The summed E-state index contributed by atoms with van der Waals surface area (Å²) < 4.78 is 96.0.